The Morgan fingerprint density at radius 3 is 2.56 bits per heavy atom. The number of carbonyl (C=O) groups is 1. The first-order valence-electron chi connectivity index (χ1n) is 8.70. The van der Waals surface area contributed by atoms with Crippen LogP contribution in [0.1, 0.15) is 20.8 Å². The lowest BCUT2D eigenvalue weighted by Gasteiger charge is -2.17. The van der Waals surface area contributed by atoms with Crippen molar-refractivity contribution >= 4 is 44.1 Å². The van der Waals surface area contributed by atoms with Crippen molar-refractivity contribution in [3.8, 4) is 5.75 Å². The van der Waals surface area contributed by atoms with Crippen molar-refractivity contribution in [1.29, 1.82) is 0 Å². The third-order valence-electron chi connectivity index (χ3n) is 4.90. The molecular weight excluding hydrogens is 356 g/mol. The van der Waals surface area contributed by atoms with Crippen LogP contribution in [0.3, 0.4) is 0 Å². The molecule has 2 aromatic carbocycles. The number of benzene rings is 2. The number of ether oxygens (including phenoxy) is 1. The Morgan fingerprint density at radius 2 is 1.81 bits per heavy atom. The Bertz CT molecular complexity index is 1180. The molecule has 27 heavy (non-hydrogen) atoms. The van der Waals surface area contributed by atoms with Gasteiger partial charge in [-0.25, -0.2) is 4.98 Å². The molecule has 4 nitrogen and oxygen atoms in total. The smallest absolute Gasteiger partial charge is 0.268 e. The summed E-state index contributed by atoms with van der Waals surface area (Å²) in [6, 6.07) is 15.9. The third kappa shape index (κ3) is 3.15. The van der Waals surface area contributed by atoms with Crippen LogP contribution >= 0.6 is 11.3 Å². The molecule has 0 aliphatic carbocycles. The number of amides is 1. The molecule has 0 bridgehead atoms. The number of carbonyl (C=O) groups excluding carboxylic acids is 1. The molecule has 4 aromatic rings. The lowest BCUT2D eigenvalue weighted by molar-refractivity contribution is 0.0997. The van der Waals surface area contributed by atoms with Gasteiger partial charge in [0.15, 0.2) is 0 Å². The fourth-order valence-corrected chi connectivity index (χ4v) is 4.05. The van der Waals surface area contributed by atoms with E-state index in [4.69, 9.17) is 9.72 Å². The normalized spacial score (nSPS) is 11.1. The molecule has 0 spiro atoms. The maximum absolute atomic E-state index is 13.0. The quantitative estimate of drug-likeness (QED) is 0.484. The first-order valence-corrected chi connectivity index (χ1v) is 9.51. The molecule has 4 rings (SSSR count). The molecule has 0 unspecified atom stereocenters. The maximum atomic E-state index is 13.0. The van der Waals surface area contributed by atoms with Crippen molar-refractivity contribution < 1.29 is 9.53 Å². The Hall–Kier alpha value is -2.92. The average Bonchev–Trinajstić information content (AvgIpc) is 3.09. The molecule has 2 aromatic heterocycles. The minimum Gasteiger partial charge on any atom is -0.497 e. The summed E-state index contributed by atoms with van der Waals surface area (Å²) in [5.74, 6) is 0.750. The number of anilines is 1. The number of pyridine rings is 1. The monoisotopic (exact) mass is 376 g/mol. The summed E-state index contributed by atoms with van der Waals surface area (Å²) in [6.45, 7) is 4.12. The topological polar surface area (TPSA) is 42.4 Å². The molecule has 0 aliphatic rings. The molecule has 136 valence electrons. The number of thiophene rings is 1. The zero-order chi connectivity index (χ0) is 19.1. The van der Waals surface area contributed by atoms with Crippen LogP contribution in [-0.4, -0.2) is 25.0 Å². The number of hydrogen-bond acceptors (Lipinski definition) is 4. The molecule has 1 amide bonds. The molecule has 0 N–H and O–H groups in total. The summed E-state index contributed by atoms with van der Waals surface area (Å²) < 4.78 is 5.28. The molecule has 2 heterocycles. The van der Waals surface area contributed by atoms with E-state index in [1.165, 1.54) is 22.5 Å². The van der Waals surface area contributed by atoms with E-state index in [2.05, 4.69) is 19.9 Å². The second-order valence-corrected chi connectivity index (χ2v) is 7.72. The predicted molar refractivity (Wildman–Crippen MR) is 112 cm³/mol. The van der Waals surface area contributed by atoms with Gasteiger partial charge in [-0.1, -0.05) is 6.07 Å². The summed E-state index contributed by atoms with van der Waals surface area (Å²) in [6.07, 6.45) is 0. The molecule has 0 radical (unpaired) electrons. The van der Waals surface area contributed by atoms with E-state index in [1.54, 1.807) is 12.0 Å². The van der Waals surface area contributed by atoms with Crippen LogP contribution in [0.25, 0.3) is 21.1 Å². The zero-order valence-electron chi connectivity index (χ0n) is 15.7. The van der Waals surface area contributed by atoms with Crippen LogP contribution in [0.15, 0.2) is 48.5 Å². The Balaban J connectivity index is 1.72. The third-order valence-corrected chi connectivity index (χ3v) is 5.94. The first-order chi connectivity index (χ1) is 13.0. The van der Waals surface area contributed by atoms with Crippen LogP contribution in [0.2, 0.25) is 0 Å². The molecule has 0 fully saturated rings. The standard InChI is InChI=1S/C22H20N2O2S/c1-13-5-7-17(9-14(13)2)24(3)22(25)20-11-16-10-15-6-8-18(26-4)12-19(15)23-21(16)27-20/h5-12H,1-4H3. The number of aryl methyl sites for hydroxylation is 2. The van der Waals surface area contributed by atoms with Crippen molar-refractivity contribution in [2.45, 2.75) is 13.8 Å². The van der Waals surface area contributed by atoms with E-state index in [9.17, 15) is 4.79 Å². The van der Waals surface area contributed by atoms with Gasteiger partial charge in [0.2, 0.25) is 0 Å². The summed E-state index contributed by atoms with van der Waals surface area (Å²) in [5.41, 5.74) is 4.15. The highest BCUT2D eigenvalue weighted by Crippen LogP contribution is 2.30. The Morgan fingerprint density at radius 1 is 1.00 bits per heavy atom. The molecule has 0 saturated heterocycles. The molecular formula is C22H20N2O2S. The maximum Gasteiger partial charge on any atom is 0.268 e. The van der Waals surface area contributed by atoms with Crippen LogP contribution in [-0.2, 0) is 0 Å². The number of fused-ring (bicyclic) bond motifs is 2. The van der Waals surface area contributed by atoms with Gasteiger partial charge in [0.1, 0.15) is 10.6 Å². The molecule has 0 aliphatic heterocycles. The number of hydrogen-bond donors (Lipinski definition) is 0. The van der Waals surface area contributed by atoms with E-state index in [0.29, 0.717) is 4.88 Å². The Labute approximate surface area is 162 Å². The van der Waals surface area contributed by atoms with Crippen LogP contribution in [0.5, 0.6) is 5.75 Å². The van der Waals surface area contributed by atoms with Crippen LogP contribution in [0, 0.1) is 13.8 Å². The Kier molecular flexibility index (Phi) is 4.32. The molecule has 5 heteroatoms. The summed E-state index contributed by atoms with van der Waals surface area (Å²) >= 11 is 1.42. The highest BCUT2D eigenvalue weighted by atomic mass is 32.1. The molecule has 0 saturated carbocycles. The van der Waals surface area contributed by atoms with Crippen molar-refractivity contribution in [3.05, 3.63) is 64.5 Å². The van der Waals surface area contributed by atoms with Gasteiger partial charge in [0.05, 0.1) is 17.5 Å². The largest absolute Gasteiger partial charge is 0.497 e. The fourth-order valence-electron chi connectivity index (χ4n) is 3.05. The van der Waals surface area contributed by atoms with Crippen molar-refractivity contribution in [3.63, 3.8) is 0 Å². The number of nitrogens with zero attached hydrogens (tertiary/aromatic N) is 2. The summed E-state index contributed by atoms with van der Waals surface area (Å²) in [4.78, 5) is 20.9. The van der Waals surface area contributed by atoms with Crippen molar-refractivity contribution in [2.24, 2.45) is 0 Å². The van der Waals surface area contributed by atoms with E-state index < -0.39 is 0 Å². The summed E-state index contributed by atoms with van der Waals surface area (Å²) in [5, 5.41) is 2.01. The van der Waals surface area contributed by atoms with E-state index in [0.717, 1.165) is 32.6 Å². The van der Waals surface area contributed by atoms with Crippen LogP contribution in [0.4, 0.5) is 5.69 Å². The van der Waals surface area contributed by atoms with Gasteiger partial charge in [-0.2, -0.15) is 0 Å². The van der Waals surface area contributed by atoms with Gasteiger partial charge in [0, 0.05) is 29.6 Å². The average molecular weight is 376 g/mol. The first kappa shape index (κ1) is 17.5. The minimum absolute atomic E-state index is 0.0251. The predicted octanol–water partition coefficient (Wildman–Crippen LogP) is 5.35. The van der Waals surface area contributed by atoms with Gasteiger partial charge >= 0.3 is 0 Å². The second kappa shape index (κ2) is 6.67. The van der Waals surface area contributed by atoms with Crippen molar-refractivity contribution in [2.75, 3.05) is 19.1 Å². The van der Waals surface area contributed by atoms with Crippen molar-refractivity contribution in [1.82, 2.24) is 4.98 Å². The highest BCUT2D eigenvalue weighted by Gasteiger charge is 2.17. The van der Waals surface area contributed by atoms with E-state index in [-0.39, 0.29) is 5.91 Å². The van der Waals surface area contributed by atoms with Gasteiger partial charge in [-0.05, 0) is 61.4 Å². The van der Waals surface area contributed by atoms with E-state index in [1.807, 2.05) is 49.5 Å². The summed E-state index contributed by atoms with van der Waals surface area (Å²) in [7, 11) is 3.45. The van der Waals surface area contributed by atoms with Crippen LogP contribution < -0.4 is 9.64 Å². The highest BCUT2D eigenvalue weighted by molar-refractivity contribution is 7.20. The SMILES string of the molecule is COc1ccc2cc3cc(C(=O)N(C)c4ccc(C)c(C)c4)sc3nc2c1. The fraction of sp³-hybridized carbons (Fsp3) is 0.182. The minimum atomic E-state index is -0.0251. The lowest BCUT2D eigenvalue weighted by Crippen LogP contribution is -2.25. The second-order valence-electron chi connectivity index (χ2n) is 6.68. The number of aromatic nitrogens is 1. The number of methoxy groups -OCH3 is 1. The number of rotatable bonds is 3. The van der Waals surface area contributed by atoms with E-state index >= 15 is 0 Å². The molecule has 0 atom stereocenters. The van der Waals surface area contributed by atoms with Gasteiger partial charge < -0.3 is 9.64 Å². The van der Waals surface area contributed by atoms with Gasteiger partial charge in [-0.3, -0.25) is 4.79 Å². The zero-order valence-corrected chi connectivity index (χ0v) is 16.6. The van der Waals surface area contributed by atoms with Gasteiger partial charge in [0.25, 0.3) is 5.91 Å². The van der Waals surface area contributed by atoms with Gasteiger partial charge in [-0.15, -0.1) is 11.3 Å². The lowest BCUT2D eigenvalue weighted by atomic mass is 10.1.